The van der Waals surface area contributed by atoms with Crippen LogP contribution in [0, 0.1) is 5.82 Å². The van der Waals surface area contributed by atoms with E-state index in [1.807, 2.05) is 6.92 Å². The summed E-state index contributed by atoms with van der Waals surface area (Å²) < 4.78 is 17.9. The highest BCUT2D eigenvalue weighted by Gasteiger charge is 2.12. The van der Waals surface area contributed by atoms with Gasteiger partial charge in [-0.3, -0.25) is 9.59 Å². The molecule has 0 radical (unpaired) electrons. The molecule has 0 spiro atoms. The van der Waals surface area contributed by atoms with Gasteiger partial charge in [0, 0.05) is 19.2 Å². The van der Waals surface area contributed by atoms with Crippen LogP contribution in [0.2, 0.25) is 0 Å². The summed E-state index contributed by atoms with van der Waals surface area (Å²) in [5.41, 5.74) is 0.621. The van der Waals surface area contributed by atoms with Crippen molar-refractivity contribution in [2.75, 3.05) is 19.7 Å². The van der Waals surface area contributed by atoms with E-state index in [4.69, 9.17) is 4.74 Å². The summed E-state index contributed by atoms with van der Waals surface area (Å²) >= 11 is 0. The fourth-order valence-electron chi connectivity index (χ4n) is 1.94. The SMILES string of the molecule is CCCN(CCC(=O)OCC)C(=O)/C=C/c1cccc(F)c1. The van der Waals surface area contributed by atoms with Crippen LogP contribution in [-0.2, 0) is 14.3 Å². The number of amides is 1. The van der Waals surface area contributed by atoms with Gasteiger partial charge in [0.15, 0.2) is 0 Å². The smallest absolute Gasteiger partial charge is 0.307 e. The molecule has 0 fully saturated rings. The Bertz CT molecular complexity index is 528. The molecule has 0 heterocycles. The van der Waals surface area contributed by atoms with E-state index >= 15 is 0 Å². The van der Waals surface area contributed by atoms with Crippen LogP contribution < -0.4 is 0 Å². The van der Waals surface area contributed by atoms with Crippen LogP contribution >= 0.6 is 0 Å². The predicted molar refractivity (Wildman–Crippen MR) is 83.6 cm³/mol. The Morgan fingerprint density at radius 1 is 1.27 bits per heavy atom. The quantitative estimate of drug-likeness (QED) is 0.548. The highest BCUT2D eigenvalue weighted by atomic mass is 19.1. The first-order chi connectivity index (χ1) is 10.6. The highest BCUT2D eigenvalue weighted by molar-refractivity contribution is 5.92. The first-order valence-electron chi connectivity index (χ1n) is 7.45. The molecule has 0 saturated carbocycles. The third-order valence-corrected chi connectivity index (χ3v) is 2.96. The van der Waals surface area contributed by atoms with Crippen LogP contribution in [-0.4, -0.2) is 36.5 Å². The molecular formula is C17H22FNO3. The zero-order chi connectivity index (χ0) is 16.4. The zero-order valence-electron chi connectivity index (χ0n) is 13.0. The molecule has 0 aliphatic heterocycles. The molecule has 1 aromatic carbocycles. The summed E-state index contributed by atoms with van der Waals surface area (Å²) in [6.45, 7) is 4.92. The first kappa shape index (κ1) is 17.9. The maximum atomic E-state index is 13.1. The van der Waals surface area contributed by atoms with Crippen LogP contribution in [0.5, 0.6) is 0 Å². The summed E-state index contributed by atoms with van der Waals surface area (Å²) in [5.74, 6) is -0.858. The van der Waals surface area contributed by atoms with Gasteiger partial charge >= 0.3 is 5.97 Å². The standard InChI is InChI=1S/C17H22FNO3/c1-3-11-19(12-10-17(21)22-4-2)16(20)9-8-14-6-5-7-15(18)13-14/h5-9,13H,3-4,10-12H2,1-2H3/b9-8+. The lowest BCUT2D eigenvalue weighted by Crippen LogP contribution is -2.32. The monoisotopic (exact) mass is 307 g/mol. The largest absolute Gasteiger partial charge is 0.466 e. The summed E-state index contributed by atoms with van der Waals surface area (Å²) in [6.07, 6.45) is 3.93. The summed E-state index contributed by atoms with van der Waals surface area (Å²) in [4.78, 5) is 25.1. The molecule has 0 unspecified atom stereocenters. The molecule has 0 aliphatic carbocycles. The van der Waals surface area contributed by atoms with E-state index in [1.54, 1.807) is 30.0 Å². The highest BCUT2D eigenvalue weighted by Crippen LogP contribution is 2.06. The Kier molecular flexibility index (Phi) is 7.89. The van der Waals surface area contributed by atoms with Gasteiger partial charge in [-0.05, 0) is 37.1 Å². The minimum atomic E-state index is -0.345. The molecule has 5 heteroatoms. The van der Waals surface area contributed by atoms with Gasteiger partial charge in [-0.25, -0.2) is 4.39 Å². The number of carbonyl (C=O) groups is 2. The van der Waals surface area contributed by atoms with Crippen molar-refractivity contribution in [3.8, 4) is 0 Å². The van der Waals surface area contributed by atoms with Crippen LogP contribution in [0.4, 0.5) is 4.39 Å². The topological polar surface area (TPSA) is 46.6 Å². The molecule has 0 aromatic heterocycles. The van der Waals surface area contributed by atoms with Gasteiger partial charge in [-0.15, -0.1) is 0 Å². The predicted octanol–water partition coefficient (Wildman–Crippen LogP) is 3.03. The Morgan fingerprint density at radius 2 is 2.05 bits per heavy atom. The lowest BCUT2D eigenvalue weighted by Gasteiger charge is -2.20. The Balaban J connectivity index is 2.62. The Hall–Kier alpha value is -2.17. The van der Waals surface area contributed by atoms with Crippen LogP contribution in [0.25, 0.3) is 6.08 Å². The number of carbonyl (C=O) groups excluding carboxylic acids is 2. The third-order valence-electron chi connectivity index (χ3n) is 2.96. The van der Waals surface area contributed by atoms with Crippen molar-refractivity contribution in [1.29, 1.82) is 0 Å². The van der Waals surface area contributed by atoms with E-state index < -0.39 is 0 Å². The number of nitrogens with zero attached hydrogens (tertiary/aromatic N) is 1. The fraction of sp³-hybridized carbons (Fsp3) is 0.412. The number of esters is 1. The molecule has 4 nitrogen and oxygen atoms in total. The lowest BCUT2D eigenvalue weighted by atomic mass is 10.2. The molecule has 1 aromatic rings. The van der Waals surface area contributed by atoms with E-state index in [-0.39, 0.29) is 24.1 Å². The molecule has 1 rings (SSSR count). The molecule has 1 amide bonds. The average molecular weight is 307 g/mol. The van der Waals surface area contributed by atoms with Gasteiger partial charge in [0.1, 0.15) is 5.82 Å². The molecule has 0 aliphatic rings. The van der Waals surface area contributed by atoms with Crippen molar-refractivity contribution in [2.24, 2.45) is 0 Å². The molecule has 0 bridgehead atoms. The number of hydrogen-bond acceptors (Lipinski definition) is 3. The van der Waals surface area contributed by atoms with E-state index in [9.17, 15) is 14.0 Å². The van der Waals surface area contributed by atoms with Crippen LogP contribution in [0.3, 0.4) is 0 Å². The third kappa shape index (κ3) is 6.52. The minimum absolute atomic E-state index is 0.174. The molecular weight excluding hydrogens is 285 g/mol. The maximum Gasteiger partial charge on any atom is 0.307 e. The summed E-state index contributed by atoms with van der Waals surface area (Å²) in [5, 5.41) is 0. The Morgan fingerprint density at radius 3 is 2.68 bits per heavy atom. The number of halogens is 1. The maximum absolute atomic E-state index is 13.1. The molecule has 0 atom stereocenters. The summed E-state index contributed by atoms with van der Waals surface area (Å²) in [6, 6.07) is 6.01. The van der Waals surface area contributed by atoms with Crippen molar-refractivity contribution in [1.82, 2.24) is 4.90 Å². The van der Waals surface area contributed by atoms with Crippen molar-refractivity contribution in [2.45, 2.75) is 26.7 Å². The second-order valence-corrected chi connectivity index (χ2v) is 4.77. The normalized spacial score (nSPS) is 10.7. The molecule has 22 heavy (non-hydrogen) atoms. The Labute approximate surface area is 130 Å². The zero-order valence-corrected chi connectivity index (χ0v) is 13.0. The molecule has 0 saturated heterocycles. The minimum Gasteiger partial charge on any atom is -0.466 e. The number of benzene rings is 1. The van der Waals surface area contributed by atoms with Gasteiger partial charge in [0.2, 0.25) is 5.91 Å². The van der Waals surface area contributed by atoms with Gasteiger partial charge in [0.25, 0.3) is 0 Å². The van der Waals surface area contributed by atoms with Crippen LogP contribution in [0.1, 0.15) is 32.3 Å². The molecule has 120 valence electrons. The number of hydrogen-bond donors (Lipinski definition) is 0. The second kappa shape index (κ2) is 9.71. The van der Waals surface area contributed by atoms with Gasteiger partial charge < -0.3 is 9.64 Å². The van der Waals surface area contributed by atoms with Gasteiger partial charge in [-0.1, -0.05) is 19.1 Å². The van der Waals surface area contributed by atoms with E-state index in [0.717, 1.165) is 6.42 Å². The van der Waals surface area contributed by atoms with Crippen molar-refractivity contribution in [3.05, 3.63) is 41.7 Å². The van der Waals surface area contributed by atoms with Crippen molar-refractivity contribution < 1.29 is 18.7 Å². The van der Waals surface area contributed by atoms with Gasteiger partial charge in [0.05, 0.1) is 13.0 Å². The van der Waals surface area contributed by atoms with E-state index in [0.29, 0.717) is 25.3 Å². The second-order valence-electron chi connectivity index (χ2n) is 4.77. The first-order valence-corrected chi connectivity index (χ1v) is 7.45. The van der Waals surface area contributed by atoms with E-state index in [1.165, 1.54) is 18.2 Å². The van der Waals surface area contributed by atoms with Crippen LogP contribution in [0.15, 0.2) is 30.3 Å². The summed E-state index contributed by atoms with van der Waals surface area (Å²) in [7, 11) is 0. The van der Waals surface area contributed by atoms with Crippen molar-refractivity contribution >= 4 is 18.0 Å². The number of rotatable bonds is 8. The van der Waals surface area contributed by atoms with Crippen molar-refractivity contribution in [3.63, 3.8) is 0 Å². The average Bonchev–Trinajstić information content (AvgIpc) is 2.49. The number of ether oxygens (including phenoxy) is 1. The fourth-order valence-corrected chi connectivity index (χ4v) is 1.94. The molecule has 0 N–H and O–H groups in total. The lowest BCUT2D eigenvalue weighted by molar-refractivity contribution is -0.143. The van der Waals surface area contributed by atoms with E-state index in [2.05, 4.69) is 0 Å². The van der Waals surface area contributed by atoms with Gasteiger partial charge in [-0.2, -0.15) is 0 Å².